The van der Waals surface area contributed by atoms with Gasteiger partial charge in [-0.2, -0.15) is 11.5 Å². The molecule has 0 saturated carbocycles. The number of nitrogens with one attached hydrogen (secondary N) is 1. The predicted octanol–water partition coefficient (Wildman–Crippen LogP) is 2.27. The van der Waals surface area contributed by atoms with E-state index in [2.05, 4.69) is 15.4 Å². The lowest BCUT2D eigenvalue weighted by molar-refractivity contribution is 0.952. The number of hydrogen-bond donors (Lipinski definition) is 2. The minimum atomic E-state index is 0.120. The van der Waals surface area contributed by atoms with E-state index in [1.807, 2.05) is 6.07 Å². The molecule has 1 rings (SSSR count). The van der Waals surface area contributed by atoms with Crippen LogP contribution in [0.25, 0.3) is 4.95 Å². The number of hydrogen-bond acceptors (Lipinski definition) is 1. The van der Waals surface area contributed by atoms with Crippen molar-refractivity contribution in [3.05, 3.63) is 45.3 Å². The van der Waals surface area contributed by atoms with Crippen LogP contribution in [0.15, 0.2) is 23.2 Å². The van der Waals surface area contributed by atoms with Crippen molar-refractivity contribution in [3.8, 4) is 0 Å². The van der Waals surface area contributed by atoms with Gasteiger partial charge in [0, 0.05) is 6.54 Å². The molecule has 0 saturated heterocycles. The maximum Gasteiger partial charge on any atom is 0.259 e. The first-order valence-corrected chi connectivity index (χ1v) is 5.25. The zero-order chi connectivity index (χ0) is 12.0. The number of nitrogens with two attached hydrogens (primary N) is 1. The topological polar surface area (TPSA) is 54.8 Å². The SMILES string of the molecule is [C-]#[N+]NC(N)=NCCc1ccc(Cl)c(Cl)c1. The highest BCUT2D eigenvalue weighted by molar-refractivity contribution is 6.42. The Hall–Kier alpha value is -1.44. The molecule has 0 unspecified atom stereocenters. The Labute approximate surface area is 104 Å². The quantitative estimate of drug-likeness (QED) is 0.377. The monoisotopic (exact) mass is 256 g/mol. The van der Waals surface area contributed by atoms with Gasteiger partial charge < -0.3 is 5.73 Å². The standard InChI is InChI=1S/C10H10Cl2N4/c1-14-16-10(13)15-5-4-7-2-3-8(11)9(12)6-7/h2-3,6H,4-5H2,(H3,13,15,16). The summed E-state index contributed by atoms with van der Waals surface area (Å²) < 4.78 is 0. The first kappa shape index (κ1) is 12.6. The molecule has 0 amide bonds. The van der Waals surface area contributed by atoms with Crippen LogP contribution in [0.5, 0.6) is 0 Å². The maximum absolute atomic E-state index is 6.51. The van der Waals surface area contributed by atoms with Crippen molar-refractivity contribution in [2.45, 2.75) is 6.42 Å². The molecule has 0 radical (unpaired) electrons. The van der Waals surface area contributed by atoms with Crippen LogP contribution in [0.2, 0.25) is 10.0 Å². The molecule has 0 spiro atoms. The molecule has 4 nitrogen and oxygen atoms in total. The Morgan fingerprint density at radius 3 is 2.81 bits per heavy atom. The van der Waals surface area contributed by atoms with Gasteiger partial charge in [0.15, 0.2) is 0 Å². The predicted molar refractivity (Wildman–Crippen MR) is 66.4 cm³/mol. The van der Waals surface area contributed by atoms with E-state index in [1.54, 1.807) is 12.1 Å². The van der Waals surface area contributed by atoms with Gasteiger partial charge in [-0.15, -0.1) is 0 Å². The summed E-state index contributed by atoms with van der Waals surface area (Å²) in [7, 11) is 0. The second-order valence-corrected chi connectivity index (χ2v) is 3.80. The second-order valence-electron chi connectivity index (χ2n) is 2.99. The molecule has 1 aromatic rings. The average Bonchev–Trinajstić information content (AvgIpc) is 2.24. The Balaban J connectivity index is 2.53. The lowest BCUT2D eigenvalue weighted by Crippen LogP contribution is -2.26. The highest BCUT2D eigenvalue weighted by atomic mass is 35.5. The van der Waals surface area contributed by atoms with Gasteiger partial charge in [0.1, 0.15) is 0 Å². The summed E-state index contributed by atoms with van der Waals surface area (Å²) in [6, 6.07) is 5.41. The molecule has 0 bridgehead atoms. The van der Waals surface area contributed by atoms with E-state index in [1.165, 1.54) is 0 Å². The van der Waals surface area contributed by atoms with E-state index in [0.717, 1.165) is 5.56 Å². The fourth-order valence-electron chi connectivity index (χ4n) is 1.09. The molecule has 3 N–H and O–H groups in total. The summed E-state index contributed by atoms with van der Waals surface area (Å²) >= 11 is 11.6. The van der Waals surface area contributed by atoms with Crippen LogP contribution in [0.1, 0.15) is 5.56 Å². The van der Waals surface area contributed by atoms with Gasteiger partial charge in [0.25, 0.3) is 5.96 Å². The lowest BCUT2D eigenvalue weighted by atomic mass is 10.1. The molecule has 0 aliphatic heterocycles. The van der Waals surface area contributed by atoms with E-state index in [9.17, 15) is 0 Å². The van der Waals surface area contributed by atoms with Crippen LogP contribution in [-0.4, -0.2) is 12.5 Å². The zero-order valence-electron chi connectivity index (χ0n) is 8.37. The van der Waals surface area contributed by atoms with Crippen LogP contribution in [0, 0.1) is 6.57 Å². The van der Waals surface area contributed by atoms with Gasteiger partial charge in [0.05, 0.1) is 10.0 Å². The number of halogens is 2. The Kier molecular flexibility index (Phi) is 4.90. The van der Waals surface area contributed by atoms with Crippen LogP contribution >= 0.6 is 23.2 Å². The zero-order valence-corrected chi connectivity index (χ0v) is 9.89. The minimum absolute atomic E-state index is 0.120. The van der Waals surface area contributed by atoms with Crippen LogP contribution in [0.3, 0.4) is 0 Å². The van der Waals surface area contributed by atoms with Crippen LogP contribution in [0.4, 0.5) is 0 Å². The number of benzene rings is 1. The van der Waals surface area contributed by atoms with Crippen molar-refractivity contribution in [2.24, 2.45) is 10.7 Å². The van der Waals surface area contributed by atoms with Gasteiger partial charge in [-0.05, 0) is 24.1 Å². The molecule has 0 atom stereocenters. The number of guanidine groups is 1. The smallest absolute Gasteiger partial charge is 0.259 e. The first-order chi connectivity index (χ1) is 7.63. The van der Waals surface area contributed by atoms with Crippen molar-refractivity contribution < 1.29 is 0 Å². The minimum Gasteiger partial charge on any atom is -0.365 e. The largest absolute Gasteiger partial charge is 0.365 e. The second kappa shape index (κ2) is 6.21. The molecule has 16 heavy (non-hydrogen) atoms. The van der Waals surface area contributed by atoms with Crippen molar-refractivity contribution in [3.63, 3.8) is 0 Å². The summed E-state index contributed by atoms with van der Waals surface area (Å²) in [6.07, 6.45) is 0.692. The Morgan fingerprint density at radius 1 is 1.44 bits per heavy atom. The number of rotatable bonds is 3. The summed E-state index contributed by atoms with van der Waals surface area (Å²) in [5.74, 6) is 0.120. The number of aliphatic imine (C=N–C) groups is 1. The van der Waals surface area contributed by atoms with E-state index in [0.29, 0.717) is 23.0 Å². The van der Waals surface area contributed by atoms with Gasteiger partial charge in [-0.1, -0.05) is 34.7 Å². The summed E-state index contributed by atoms with van der Waals surface area (Å²) in [6.45, 7) is 7.00. The molecule has 0 aliphatic carbocycles. The molecule has 0 aliphatic rings. The summed E-state index contributed by atoms with van der Waals surface area (Å²) in [5.41, 5.74) is 8.63. The molecule has 1 aromatic carbocycles. The summed E-state index contributed by atoms with van der Waals surface area (Å²) in [4.78, 5) is 6.85. The highest BCUT2D eigenvalue weighted by Gasteiger charge is 1.99. The van der Waals surface area contributed by atoms with Gasteiger partial charge >= 0.3 is 0 Å². The van der Waals surface area contributed by atoms with Crippen molar-refractivity contribution in [2.75, 3.05) is 6.54 Å². The highest BCUT2D eigenvalue weighted by Crippen LogP contribution is 2.22. The third-order valence-electron chi connectivity index (χ3n) is 1.84. The molecule has 0 fully saturated rings. The van der Waals surface area contributed by atoms with Gasteiger partial charge in [-0.3, -0.25) is 0 Å². The molecular weight excluding hydrogens is 247 g/mol. The third-order valence-corrected chi connectivity index (χ3v) is 2.58. The Bertz CT molecular complexity index is 437. The average molecular weight is 257 g/mol. The number of nitrogens with zero attached hydrogens (tertiary/aromatic N) is 2. The molecule has 84 valence electrons. The normalized spacial score (nSPS) is 10.9. The van der Waals surface area contributed by atoms with Crippen LogP contribution < -0.4 is 11.2 Å². The summed E-state index contributed by atoms with van der Waals surface area (Å²) in [5, 5.41) is 1.05. The fourth-order valence-corrected chi connectivity index (χ4v) is 1.41. The van der Waals surface area contributed by atoms with Crippen LogP contribution in [-0.2, 0) is 6.42 Å². The maximum atomic E-state index is 6.51. The van der Waals surface area contributed by atoms with Gasteiger partial charge in [-0.25, -0.2) is 4.99 Å². The lowest BCUT2D eigenvalue weighted by Gasteiger charge is -2.01. The molecular formula is C10H10Cl2N4. The molecule has 0 heterocycles. The van der Waals surface area contributed by atoms with E-state index < -0.39 is 0 Å². The fraction of sp³-hybridized carbons (Fsp3) is 0.200. The first-order valence-electron chi connectivity index (χ1n) is 4.50. The van der Waals surface area contributed by atoms with E-state index in [4.69, 9.17) is 35.5 Å². The third kappa shape index (κ3) is 3.97. The van der Waals surface area contributed by atoms with E-state index >= 15 is 0 Å². The van der Waals surface area contributed by atoms with Crippen molar-refractivity contribution >= 4 is 29.2 Å². The Morgan fingerprint density at radius 2 is 2.19 bits per heavy atom. The van der Waals surface area contributed by atoms with Gasteiger partial charge in [0.2, 0.25) is 0 Å². The molecule has 0 aromatic heterocycles. The van der Waals surface area contributed by atoms with Crippen molar-refractivity contribution in [1.29, 1.82) is 0 Å². The van der Waals surface area contributed by atoms with E-state index in [-0.39, 0.29) is 5.96 Å². The molecule has 6 heteroatoms. The van der Waals surface area contributed by atoms with Crippen molar-refractivity contribution in [1.82, 2.24) is 5.43 Å².